The number of pyridine rings is 1. The third kappa shape index (κ3) is 2.97. The number of rotatable bonds is 2. The maximum Gasteiger partial charge on any atom is 0.153 e. The van der Waals surface area contributed by atoms with Gasteiger partial charge in [0.25, 0.3) is 0 Å². The predicted molar refractivity (Wildman–Crippen MR) is 81.8 cm³/mol. The molecule has 0 atom stereocenters. The summed E-state index contributed by atoms with van der Waals surface area (Å²) < 4.78 is 1.00. The number of aromatic nitrogens is 1. The van der Waals surface area contributed by atoms with E-state index in [0.717, 1.165) is 16.1 Å². The number of hydrogen-bond donors (Lipinski definition) is 0. The van der Waals surface area contributed by atoms with Crippen molar-refractivity contribution in [3.05, 3.63) is 65.0 Å². The Morgan fingerprint density at radius 2 is 1.84 bits per heavy atom. The molecule has 0 saturated heterocycles. The summed E-state index contributed by atoms with van der Waals surface area (Å²) in [6.45, 7) is 2.03. The van der Waals surface area contributed by atoms with E-state index in [-0.39, 0.29) is 0 Å². The third-order valence-corrected chi connectivity index (χ3v) is 4.95. The summed E-state index contributed by atoms with van der Waals surface area (Å²) in [5, 5.41) is 0. The van der Waals surface area contributed by atoms with Crippen molar-refractivity contribution in [1.82, 2.24) is 4.98 Å². The van der Waals surface area contributed by atoms with Gasteiger partial charge in [-0.2, -0.15) is 0 Å². The lowest BCUT2D eigenvalue weighted by Crippen LogP contribution is -1.89. The average molecular weight is 284 g/mol. The van der Waals surface area contributed by atoms with Crippen LogP contribution in [0.15, 0.2) is 59.7 Å². The Kier molecular flexibility index (Phi) is 3.53. The maximum absolute atomic E-state index is 4.55. The molecule has 2 nitrogen and oxygen atoms in total. The van der Waals surface area contributed by atoms with Gasteiger partial charge in [0.2, 0.25) is 0 Å². The molecule has 0 saturated carbocycles. The van der Waals surface area contributed by atoms with E-state index in [4.69, 9.17) is 0 Å². The van der Waals surface area contributed by atoms with E-state index in [9.17, 15) is 0 Å². The lowest BCUT2D eigenvalue weighted by atomic mass is 10.2. The summed E-state index contributed by atoms with van der Waals surface area (Å²) in [6, 6.07) is 16.5. The number of aryl methyl sites for hydroxylation is 1. The van der Waals surface area contributed by atoms with E-state index in [1.165, 1.54) is 10.4 Å². The van der Waals surface area contributed by atoms with Crippen LogP contribution in [-0.2, 0) is 0 Å². The van der Waals surface area contributed by atoms with Gasteiger partial charge in [-0.1, -0.05) is 57.1 Å². The molecule has 19 heavy (non-hydrogen) atoms. The van der Waals surface area contributed by atoms with Gasteiger partial charge in [-0.25, -0.2) is 9.98 Å². The zero-order valence-electron chi connectivity index (χ0n) is 10.4. The van der Waals surface area contributed by atoms with Crippen LogP contribution < -0.4 is 4.67 Å². The molecule has 2 heterocycles. The molecule has 2 aromatic heterocycles. The van der Waals surface area contributed by atoms with Crippen LogP contribution in [0.2, 0.25) is 0 Å². The lowest BCUT2D eigenvalue weighted by molar-refractivity contribution is 1.21. The zero-order chi connectivity index (χ0) is 13.1. The first kappa shape index (κ1) is 12.3. The van der Waals surface area contributed by atoms with Gasteiger partial charge in [-0.3, -0.25) is 0 Å². The maximum atomic E-state index is 4.55. The highest BCUT2D eigenvalue weighted by Crippen LogP contribution is 2.25. The second-order valence-electron chi connectivity index (χ2n) is 4.19. The van der Waals surface area contributed by atoms with Crippen LogP contribution in [-0.4, -0.2) is 4.98 Å². The van der Waals surface area contributed by atoms with Crippen LogP contribution in [0.4, 0.5) is 5.82 Å². The molecule has 4 heteroatoms. The Bertz CT molecular complexity index is 725. The van der Waals surface area contributed by atoms with Gasteiger partial charge in [0, 0.05) is 11.1 Å². The van der Waals surface area contributed by atoms with Gasteiger partial charge in [0.05, 0.1) is 0 Å². The molecule has 0 aliphatic heterocycles. The Hall–Kier alpha value is -1.78. The molecule has 0 amide bonds. The summed E-state index contributed by atoms with van der Waals surface area (Å²) in [4.78, 5) is 10.1. The van der Waals surface area contributed by atoms with E-state index in [1.54, 1.807) is 20.7 Å². The highest BCUT2D eigenvalue weighted by molar-refractivity contribution is 7.69. The summed E-state index contributed by atoms with van der Waals surface area (Å²) in [7, 11) is 3.42. The van der Waals surface area contributed by atoms with E-state index in [1.807, 2.05) is 31.3 Å². The fraction of sp³-hybridized carbons (Fsp3) is 0.0667. The molecule has 0 aliphatic carbocycles. The van der Waals surface area contributed by atoms with E-state index in [0.29, 0.717) is 0 Å². The van der Waals surface area contributed by atoms with Crippen molar-refractivity contribution < 1.29 is 0 Å². The summed E-state index contributed by atoms with van der Waals surface area (Å²) in [5.74, 6) is 0.763. The van der Waals surface area contributed by atoms with Crippen molar-refractivity contribution >= 4 is 26.5 Å². The molecule has 0 N–H and O–H groups in total. The molecule has 94 valence electrons. The molecule has 1 aromatic carbocycles. The number of hydrogen-bond acceptors (Lipinski definition) is 4. The van der Waals surface area contributed by atoms with Crippen LogP contribution in [0.1, 0.15) is 5.56 Å². The normalized spacial score (nSPS) is 11.7. The fourth-order valence-electron chi connectivity index (χ4n) is 1.67. The van der Waals surface area contributed by atoms with Crippen molar-refractivity contribution in [2.45, 2.75) is 6.92 Å². The largest absolute Gasteiger partial charge is 0.237 e. The second kappa shape index (κ2) is 5.47. The third-order valence-electron chi connectivity index (χ3n) is 2.65. The van der Waals surface area contributed by atoms with Crippen LogP contribution in [0.3, 0.4) is 0 Å². The van der Waals surface area contributed by atoms with Crippen molar-refractivity contribution in [2.24, 2.45) is 4.99 Å². The van der Waals surface area contributed by atoms with Crippen LogP contribution >= 0.6 is 20.7 Å². The van der Waals surface area contributed by atoms with E-state index < -0.39 is 0 Å². The Morgan fingerprint density at radius 1 is 1.00 bits per heavy atom. The Balaban J connectivity index is 1.95. The molecular weight excluding hydrogens is 272 g/mol. The van der Waals surface area contributed by atoms with E-state index in [2.05, 4.69) is 40.3 Å². The molecule has 0 bridgehead atoms. The lowest BCUT2D eigenvalue weighted by Gasteiger charge is -1.93. The van der Waals surface area contributed by atoms with Gasteiger partial charge in [-0.15, -0.1) is 0 Å². The number of benzene rings is 1. The fourth-order valence-corrected chi connectivity index (χ4v) is 3.82. The summed E-state index contributed by atoms with van der Waals surface area (Å²) in [5.41, 5.74) is 2.39. The minimum Gasteiger partial charge on any atom is -0.237 e. The molecule has 0 aliphatic rings. The first-order valence-corrected chi connectivity index (χ1v) is 8.09. The van der Waals surface area contributed by atoms with Crippen LogP contribution in [0.5, 0.6) is 0 Å². The SMILES string of the molecule is Cc1ccc(N=c2cc(-c3ccccc3)ss2)nc1. The van der Waals surface area contributed by atoms with Crippen molar-refractivity contribution in [1.29, 1.82) is 0 Å². The molecule has 0 radical (unpaired) electrons. The first-order valence-electron chi connectivity index (χ1n) is 5.94. The predicted octanol–water partition coefficient (Wildman–Crippen LogP) is 4.41. The minimum atomic E-state index is 0.763. The van der Waals surface area contributed by atoms with Crippen molar-refractivity contribution in [3.8, 4) is 10.4 Å². The second-order valence-corrected chi connectivity index (χ2v) is 6.38. The average Bonchev–Trinajstić information content (AvgIpc) is 2.91. The van der Waals surface area contributed by atoms with Gasteiger partial charge < -0.3 is 0 Å². The van der Waals surface area contributed by atoms with Gasteiger partial charge in [0.1, 0.15) is 4.67 Å². The van der Waals surface area contributed by atoms with Crippen molar-refractivity contribution in [3.63, 3.8) is 0 Å². The molecular formula is C15H12N2S2. The Labute approximate surface area is 119 Å². The standard InChI is InChI=1S/C15H12N2S2/c1-11-7-8-14(16-10-11)17-15-9-13(18-19-15)12-5-3-2-4-6-12/h2-10H,1H3. The highest BCUT2D eigenvalue weighted by atomic mass is 32.9. The minimum absolute atomic E-state index is 0.763. The van der Waals surface area contributed by atoms with Crippen LogP contribution in [0.25, 0.3) is 10.4 Å². The highest BCUT2D eigenvalue weighted by Gasteiger charge is 2.00. The summed E-state index contributed by atoms with van der Waals surface area (Å²) >= 11 is 0. The quantitative estimate of drug-likeness (QED) is 0.640. The smallest absolute Gasteiger partial charge is 0.153 e. The van der Waals surface area contributed by atoms with Crippen LogP contribution in [0, 0.1) is 6.92 Å². The van der Waals surface area contributed by atoms with Crippen molar-refractivity contribution in [2.75, 3.05) is 0 Å². The topological polar surface area (TPSA) is 25.2 Å². The Morgan fingerprint density at radius 3 is 2.58 bits per heavy atom. The molecule has 3 rings (SSSR count). The van der Waals surface area contributed by atoms with Gasteiger partial charge in [-0.05, 0) is 30.2 Å². The molecule has 3 aromatic rings. The molecule has 0 spiro atoms. The number of nitrogens with zero attached hydrogens (tertiary/aromatic N) is 2. The first-order chi connectivity index (χ1) is 9.31. The monoisotopic (exact) mass is 284 g/mol. The van der Waals surface area contributed by atoms with Gasteiger partial charge in [0.15, 0.2) is 5.82 Å². The van der Waals surface area contributed by atoms with Gasteiger partial charge >= 0.3 is 0 Å². The summed E-state index contributed by atoms with van der Waals surface area (Å²) in [6.07, 6.45) is 1.84. The van der Waals surface area contributed by atoms with E-state index >= 15 is 0 Å². The zero-order valence-corrected chi connectivity index (χ0v) is 12.0. The molecule has 0 fully saturated rings. The molecule has 0 unspecified atom stereocenters.